The van der Waals surface area contributed by atoms with Crippen molar-refractivity contribution in [3.63, 3.8) is 0 Å². The first-order valence-electron chi connectivity index (χ1n) is 9.18. The van der Waals surface area contributed by atoms with Gasteiger partial charge in [-0.15, -0.1) is 11.3 Å². The number of amides is 2. The maximum Gasteiger partial charge on any atom is 0.282 e. The quantitative estimate of drug-likeness (QED) is 0.625. The van der Waals surface area contributed by atoms with Crippen molar-refractivity contribution >= 4 is 40.1 Å². The van der Waals surface area contributed by atoms with Crippen LogP contribution >= 0.6 is 11.3 Å². The number of imide groups is 1. The standard InChI is InChI=1S/C23H20N2O2S/c1-3-16-10-12-17(13-11-16)25-22(26)20(19-9-6-14-28-19)21(23(25)27)24-18-8-5-4-7-15(18)2/h4-14,24H,3H2,1-2H3. The normalized spacial score (nSPS) is 14.1. The fourth-order valence-electron chi connectivity index (χ4n) is 3.26. The van der Waals surface area contributed by atoms with E-state index < -0.39 is 0 Å². The second kappa shape index (κ2) is 7.44. The molecule has 5 heteroatoms. The molecule has 0 saturated carbocycles. The minimum Gasteiger partial charge on any atom is -0.350 e. The van der Waals surface area contributed by atoms with Crippen molar-refractivity contribution < 1.29 is 9.59 Å². The van der Waals surface area contributed by atoms with Gasteiger partial charge in [0.1, 0.15) is 5.70 Å². The minimum atomic E-state index is -0.332. The molecule has 0 fully saturated rings. The smallest absolute Gasteiger partial charge is 0.282 e. The number of hydrogen-bond acceptors (Lipinski definition) is 4. The molecule has 0 radical (unpaired) electrons. The van der Waals surface area contributed by atoms with E-state index in [9.17, 15) is 9.59 Å². The summed E-state index contributed by atoms with van der Waals surface area (Å²) in [5.74, 6) is -0.631. The SMILES string of the molecule is CCc1ccc(N2C(=O)C(Nc3ccccc3C)=C(c3cccs3)C2=O)cc1. The zero-order chi connectivity index (χ0) is 19.7. The topological polar surface area (TPSA) is 49.4 Å². The number of carbonyl (C=O) groups is 2. The largest absolute Gasteiger partial charge is 0.350 e. The number of para-hydroxylation sites is 1. The van der Waals surface area contributed by atoms with E-state index in [0.29, 0.717) is 17.0 Å². The summed E-state index contributed by atoms with van der Waals surface area (Å²) in [4.78, 5) is 28.6. The molecule has 1 aromatic heterocycles. The molecule has 1 aliphatic rings. The number of rotatable bonds is 5. The summed E-state index contributed by atoms with van der Waals surface area (Å²) >= 11 is 1.45. The van der Waals surface area contributed by atoms with Gasteiger partial charge in [0.15, 0.2) is 0 Å². The molecular formula is C23H20N2O2S. The third-order valence-electron chi connectivity index (χ3n) is 4.86. The van der Waals surface area contributed by atoms with Crippen molar-refractivity contribution in [1.29, 1.82) is 0 Å². The number of thiophene rings is 1. The van der Waals surface area contributed by atoms with Crippen molar-refractivity contribution in [1.82, 2.24) is 0 Å². The molecule has 0 saturated heterocycles. The highest BCUT2D eigenvalue weighted by Crippen LogP contribution is 2.35. The Balaban J connectivity index is 1.78. The number of carbonyl (C=O) groups excluding carboxylic acids is 2. The van der Waals surface area contributed by atoms with E-state index >= 15 is 0 Å². The first-order valence-corrected chi connectivity index (χ1v) is 10.1. The summed E-state index contributed by atoms with van der Waals surface area (Å²) in [5, 5.41) is 5.13. The molecule has 2 aromatic carbocycles. The van der Waals surface area contributed by atoms with E-state index in [0.717, 1.165) is 28.1 Å². The average Bonchev–Trinajstić information content (AvgIpc) is 3.31. The van der Waals surface area contributed by atoms with E-state index in [2.05, 4.69) is 12.2 Å². The lowest BCUT2D eigenvalue weighted by atomic mass is 10.1. The fourth-order valence-corrected chi connectivity index (χ4v) is 4.03. The van der Waals surface area contributed by atoms with Crippen LogP contribution in [0.25, 0.3) is 5.57 Å². The summed E-state index contributed by atoms with van der Waals surface area (Å²) in [6.07, 6.45) is 0.904. The lowest BCUT2D eigenvalue weighted by Gasteiger charge is -2.16. The van der Waals surface area contributed by atoms with E-state index in [1.165, 1.54) is 16.2 Å². The highest BCUT2D eigenvalue weighted by molar-refractivity contribution is 7.11. The molecule has 1 N–H and O–H groups in total. The lowest BCUT2D eigenvalue weighted by Crippen LogP contribution is -2.32. The number of hydrogen-bond donors (Lipinski definition) is 1. The molecule has 28 heavy (non-hydrogen) atoms. The van der Waals surface area contributed by atoms with Gasteiger partial charge < -0.3 is 5.32 Å². The molecule has 0 bridgehead atoms. The Bertz CT molecular complexity index is 1070. The Morgan fingerprint density at radius 3 is 2.32 bits per heavy atom. The zero-order valence-electron chi connectivity index (χ0n) is 15.7. The number of anilines is 2. The fraction of sp³-hybridized carbons (Fsp3) is 0.130. The molecule has 4 nitrogen and oxygen atoms in total. The molecule has 2 heterocycles. The Hall–Kier alpha value is -3.18. The van der Waals surface area contributed by atoms with Crippen LogP contribution in [0.15, 0.2) is 71.7 Å². The predicted molar refractivity (Wildman–Crippen MR) is 114 cm³/mol. The Morgan fingerprint density at radius 1 is 0.929 bits per heavy atom. The molecule has 0 unspecified atom stereocenters. The summed E-state index contributed by atoms with van der Waals surface area (Å²) in [5.41, 5.74) is 4.31. The summed E-state index contributed by atoms with van der Waals surface area (Å²) < 4.78 is 0. The second-order valence-electron chi connectivity index (χ2n) is 6.63. The molecule has 4 rings (SSSR count). The van der Waals surface area contributed by atoms with Gasteiger partial charge in [0.05, 0.1) is 11.3 Å². The van der Waals surface area contributed by atoms with Crippen LogP contribution in [0, 0.1) is 6.92 Å². The van der Waals surface area contributed by atoms with Gasteiger partial charge in [0.2, 0.25) is 0 Å². The molecule has 0 aliphatic carbocycles. The zero-order valence-corrected chi connectivity index (χ0v) is 16.5. The molecule has 2 amide bonds. The van der Waals surface area contributed by atoms with Crippen LogP contribution in [0.2, 0.25) is 0 Å². The number of nitrogens with zero attached hydrogens (tertiary/aromatic N) is 1. The van der Waals surface area contributed by atoms with Gasteiger partial charge in [-0.2, -0.15) is 0 Å². The van der Waals surface area contributed by atoms with Crippen LogP contribution < -0.4 is 10.2 Å². The van der Waals surface area contributed by atoms with Crippen molar-refractivity contribution in [3.05, 3.63) is 87.7 Å². The van der Waals surface area contributed by atoms with Gasteiger partial charge in [-0.1, -0.05) is 43.3 Å². The van der Waals surface area contributed by atoms with Gasteiger partial charge in [-0.3, -0.25) is 9.59 Å². The second-order valence-corrected chi connectivity index (χ2v) is 7.58. The van der Waals surface area contributed by atoms with Crippen LogP contribution in [-0.2, 0) is 16.0 Å². The predicted octanol–water partition coefficient (Wildman–Crippen LogP) is 5.02. The van der Waals surface area contributed by atoms with Crippen molar-refractivity contribution in [3.8, 4) is 0 Å². The summed E-state index contributed by atoms with van der Waals surface area (Å²) in [6, 6.07) is 19.0. The van der Waals surface area contributed by atoms with Crippen LogP contribution in [0.3, 0.4) is 0 Å². The number of aryl methyl sites for hydroxylation is 2. The van der Waals surface area contributed by atoms with E-state index in [1.54, 1.807) is 0 Å². The van der Waals surface area contributed by atoms with Gasteiger partial charge >= 0.3 is 0 Å². The first-order chi connectivity index (χ1) is 13.6. The highest BCUT2D eigenvalue weighted by atomic mass is 32.1. The molecule has 0 spiro atoms. The molecule has 140 valence electrons. The summed E-state index contributed by atoms with van der Waals surface area (Å²) in [6.45, 7) is 4.04. The van der Waals surface area contributed by atoms with Crippen LogP contribution in [-0.4, -0.2) is 11.8 Å². The highest BCUT2D eigenvalue weighted by Gasteiger charge is 2.40. The van der Waals surface area contributed by atoms with Crippen molar-refractivity contribution in [2.75, 3.05) is 10.2 Å². The van der Waals surface area contributed by atoms with E-state index in [1.807, 2.05) is 73.0 Å². The molecule has 3 aromatic rings. The average molecular weight is 388 g/mol. The Morgan fingerprint density at radius 2 is 1.68 bits per heavy atom. The maximum atomic E-state index is 13.3. The van der Waals surface area contributed by atoms with E-state index in [-0.39, 0.29) is 11.8 Å². The minimum absolute atomic E-state index is 0.298. The van der Waals surface area contributed by atoms with Gasteiger partial charge in [-0.05, 0) is 54.1 Å². The first kappa shape index (κ1) is 18.2. The number of benzene rings is 2. The van der Waals surface area contributed by atoms with E-state index in [4.69, 9.17) is 0 Å². The summed E-state index contributed by atoms with van der Waals surface area (Å²) in [7, 11) is 0. The molecule has 1 aliphatic heterocycles. The van der Waals surface area contributed by atoms with Crippen LogP contribution in [0.5, 0.6) is 0 Å². The Kier molecular flexibility index (Phi) is 4.84. The molecule has 0 atom stereocenters. The van der Waals surface area contributed by atoms with Crippen LogP contribution in [0.1, 0.15) is 22.9 Å². The van der Waals surface area contributed by atoms with Crippen molar-refractivity contribution in [2.24, 2.45) is 0 Å². The third kappa shape index (κ3) is 3.14. The van der Waals surface area contributed by atoms with Crippen molar-refractivity contribution in [2.45, 2.75) is 20.3 Å². The maximum absolute atomic E-state index is 13.3. The number of nitrogens with one attached hydrogen (secondary N) is 1. The monoisotopic (exact) mass is 388 g/mol. The van der Waals surface area contributed by atoms with Crippen LogP contribution in [0.4, 0.5) is 11.4 Å². The van der Waals surface area contributed by atoms with Gasteiger partial charge in [0, 0.05) is 10.6 Å². The molecular weight excluding hydrogens is 368 g/mol. The lowest BCUT2D eigenvalue weighted by molar-refractivity contribution is -0.120. The van der Waals surface area contributed by atoms with Gasteiger partial charge in [0.25, 0.3) is 11.8 Å². The Labute approximate surface area is 168 Å². The van der Waals surface area contributed by atoms with Gasteiger partial charge in [-0.25, -0.2) is 4.90 Å². The third-order valence-corrected chi connectivity index (χ3v) is 5.75.